The number of benzene rings is 2. The zero-order valence-electron chi connectivity index (χ0n) is 26.3. The maximum absolute atomic E-state index is 13.8. The van der Waals surface area contributed by atoms with Crippen LogP contribution >= 0.6 is 11.6 Å². The number of hydrogen-bond acceptors (Lipinski definition) is 6. The van der Waals surface area contributed by atoms with E-state index >= 15 is 0 Å². The molecule has 5 aliphatic rings. The summed E-state index contributed by atoms with van der Waals surface area (Å²) in [5.41, 5.74) is 3.53. The Kier molecular flexibility index (Phi) is 8.45. The van der Waals surface area contributed by atoms with Gasteiger partial charge >= 0.3 is 0 Å². The number of sulfonamides is 1. The molecule has 2 aromatic rings. The number of carbonyl (C=O) groups excluding carboxylic acids is 1. The molecule has 3 aliphatic carbocycles. The summed E-state index contributed by atoms with van der Waals surface area (Å²) >= 11 is 6.43. The highest BCUT2D eigenvalue weighted by Crippen LogP contribution is 2.47. The number of fused-ring (bicyclic) bond motifs is 4. The topological polar surface area (TPSA) is 84.9 Å². The molecule has 242 valence electrons. The molecule has 2 bridgehead atoms. The van der Waals surface area contributed by atoms with Crippen LogP contribution in [0.2, 0.25) is 5.02 Å². The van der Waals surface area contributed by atoms with Crippen molar-refractivity contribution in [3.63, 3.8) is 0 Å². The number of halogens is 1. The van der Waals surface area contributed by atoms with E-state index in [-0.39, 0.29) is 17.4 Å². The fraction of sp³-hybridized carbons (Fsp3) is 0.583. The second-order valence-electron chi connectivity index (χ2n) is 14.3. The largest absolute Gasteiger partial charge is 0.490 e. The van der Waals surface area contributed by atoms with Crippen molar-refractivity contribution in [3.8, 4) is 5.75 Å². The lowest BCUT2D eigenvalue weighted by Crippen LogP contribution is -2.49. The number of allylic oxidation sites excluding steroid dienone is 1. The summed E-state index contributed by atoms with van der Waals surface area (Å²) in [6.07, 6.45) is 12.8. The summed E-state index contributed by atoms with van der Waals surface area (Å²) in [5.74, 6) is 1.22. The standard InChI is InChI=1S/C36H45ClN2O5S/c1-23-5-3-7-32(43-2)29-13-10-27(29)20-39-21-36(16-4-6-25-18-28(37)12-14-30(25)36)22-44-33-15-11-26(19-31(33)39)35(40)38-45(41,42)34(23)17-24-8-9-24/h3,7,11-12,14-15,18-19,23-24,27,29,32,34H,4-6,8-10,13,16-17,20-22H2,1-2H3,(H,38,40)/b7-3-/t23-,27+,29-,32+,34-,36+/m1/s1. The molecule has 0 unspecified atom stereocenters. The number of rotatable bonds is 3. The number of nitrogens with one attached hydrogen (secondary N) is 1. The van der Waals surface area contributed by atoms with Gasteiger partial charge in [0.1, 0.15) is 5.75 Å². The van der Waals surface area contributed by atoms with Crippen LogP contribution < -0.4 is 14.4 Å². The van der Waals surface area contributed by atoms with Gasteiger partial charge in [0, 0.05) is 36.2 Å². The molecule has 45 heavy (non-hydrogen) atoms. The summed E-state index contributed by atoms with van der Waals surface area (Å²) in [5, 5.41) is 0.119. The minimum absolute atomic E-state index is 0.0254. The lowest BCUT2D eigenvalue weighted by atomic mass is 9.68. The molecule has 0 radical (unpaired) electrons. The van der Waals surface area contributed by atoms with Gasteiger partial charge in [0.25, 0.3) is 5.91 Å². The summed E-state index contributed by atoms with van der Waals surface area (Å²) in [6, 6.07) is 11.7. The Morgan fingerprint density at radius 3 is 2.73 bits per heavy atom. The molecule has 7 nitrogen and oxygen atoms in total. The van der Waals surface area contributed by atoms with Crippen LogP contribution in [0.25, 0.3) is 0 Å². The van der Waals surface area contributed by atoms with Gasteiger partial charge in [-0.3, -0.25) is 4.79 Å². The zero-order chi connectivity index (χ0) is 31.3. The molecule has 2 aromatic carbocycles. The normalized spacial score (nSPS) is 33.5. The van der Waals surface area contributed by atoms with E-state index in [4.69, 9.17) is 21.1 Å². The van der Waals surface area contributed by atoms with E-state index in [0.29, 0.717) is 42.8 Å². The predicted molar refractivity (Wildman–Crippen MR) is 178 cm³/mol. The van der Waals surface area contributed by atoms with Gasteiger partial charge in [0.05, 0.1) is 23.6 Å². The quantitative estimate of drug-likeness (QED) is 0.373. The van der Waals surface area contributed by atoms with Crippen molar-refractivity contribution in [2.75, 3.05) is 31.7 Å². The number of anilines is 1. The Hall–Kier alpha value is -2.55. The van der Waals surface area contributed by atoms with Crippen molar-refractivity contribution in [1.82, 2.24) is 4.72 Å². The van der Waals surface area contributed by atoms with Crippen molar-refractivity contribution in [1.29, 1.82) is 0 Å². The summed E-state index contributed by atoms with van der Waals surface area (Å²) in [6.45, 7) is 4.07. The summed E-state index contributed by atoms with van der Waals surface area (Å²) in [4.78, 5) is 16.1. The van der Waals surface area contributed by atoms with E-state index < -0.39 is 21.2 Å². The maximum atomic E-state index is 13.8. The van der Waals surface area contributed by atoms with Gasteiger partial charge in [0.2, 0.25) is 10.0 Å². The molecule has 1 amide bonds. The van der Waals surface area contributed by atoms with E-state index in [1.165, 1.54) is 11.1 Å². The molecule has 2 saturated carbocycles. The second-order valence-corrected chi connectivity index (χ2v) is 16.7. The molecule has 2 fully saturated rings. The predicted octanol–water partition coefficient (Wildman–Crippen LogP) is 6.68. The molecule has 6 atom stereocenters. The number of ether oxygens (including phenoxy) is 2. The van der Waals surface area contributed by atoms with Crippen LogP contribution in [0.15, 0.2) is 48.6 Å². The van der Waals surface area contributed by atoms with Crippen LogP contribution in [0.4, 0.5) is 5.69 Å². The lowest BCUT2D eigenvalue weighted by molar-refractivity contribution is 0.0131. The summed E-state index contributed by atoms with van der Waals surface area (Å²) < 4.78 is 42.7. The number of carbonyl (C=O) groups is 1. The van der Waals surface area contributed by atoms with Crippen molar-refractivity contribution < 1.29 is 22.7 Å². The van der Waals surface area contributed by atoms with Gasteiger partial charge in [-0.25, -0.2) is 13.1 Å². The van der Waals surface area contributed by atoms with Crippen molar-refractivity contribution >= 4 is 33.2 Å². The molecule has 0 saturated heterocycles. The van der Waals surface area contributed by atoms with E-state index in [1.807, 2.05) is 25.1 Å². The minimum Gasteiger partial charge on any atom is -0.490 e. The highest BCUT2D eigenvalue weighted by Gasteiger charge is 2.45. The van der Waals surface area contributed by atoms with Gasteiger partial charge < -0.3 is 14.4 Å². The molecule has 9 heteroatoms. The first kappa shape index (κ1) is 31.1. The Balaban J connectivity index is 1.29. The molecule has 1 spiro atoms. The molecule has 1 N–H and O–H groups in total. The monoisotopic (exact) mass is 652 g/mol. The number of aryl methyl sites for hydroxylation is 1. The van der Waals surface area contributed by atoms with Gasteiger partial charge in [0.15, 0.2) is 0 Å². The SMILES string of the molecule is CO[C@H]1/C=C\C[C@@H](C)[C@@H](CC2CC2)S(=O)(=O)NC(=O)c2ccc3c(c2)N(C[C@@H]2CC[C@H]21)C[C@@]1(CCCc2cc(Cl)ccc21)CO3. The maximum Gasteiger partial charge on any atom is 0.264 e. The van der Waals surface area contributed by atoms with Crippen LogP contribution in [0, 0.1) is 23.7 Å². The first-order valence-corrected chi connectivity index (χ1v) is 18.6. The average Bonchev–Trinajstić information content (AvgIpc) is 3.84. The van der Waals surface area contributed by atoms with Gasteiger partial charge in [-0.1, -0.05) is 49.6 Å². The average molecular weight is 653 g/mol. The highest BCUT2D eigenvalue weighted by atomic mass is 35.5. The number of amides is 1. The molecule has 2 heterocycles. The van der Waals surface area contributed by atoms with Crippen molar-refractivity contribution in [2.45, 2.75) is 81.5 Å². The lowest BCUT2D eigenvalue weighted by Gasteiger charge is -2.46. The molecule has 7 rings (SSSR count). The second kappa shape index (κ2) is 12.2. The highest BCUT2D eigenvalue weighted by molar-refractivity contribution is 7.90. The number of methoxy groups -OCH3 is 1. The van der Waals surface area contributed by atoms with Gasteiger partial charge in [-0.2, -0.15) is 0 Å². The molecule has 2 aliphatic heterocycles. The van der Waals surface area contributed by atoms with Crippen LogP contribution in [0.5, 0.6) is 5.75 Å². The fourth-order valence-corrected chi connectivity index (χ4v) is 10.3. The Morgan fingerprint density at radius 1 is 1.13 bits per heavy atom. The van der Waals surface area contributed by atoms with Gasteiger partial charge in [-0.15, -0.1) is 0 Å². The first-order valence-electron chi connectivity index (χ1n) is 16.7. The Bertz CT molecular complexity index is 1590. The fourth-order valence-electron chi connectivity index (χ4n) is 8.38. The van der Waals surface area contributed by atoms with Gasteiger partial charge in [-0.05, 0) is 110 Å². The van der Waals surface area contributed by atoms with E-state index in [0.717, 1.165) is 74.5 Å². The first-order chi connectivity index (χ1) is 21.7. The van der Waals surface area contributed by atoms with E-state index in [1.54, 1.807) is 13.2 Å². The third kappa shape index (κ3) is 6.15. The smallest absolute Gasteiger partial charge is 0.264 e. The number of nitrogens with zero attached hydrogens (tertiary/aromatic N) is 1. The van der Waals surface area contributed by atoms with Crippen LogP contribution in [-0.2, 0) is 26.6 Å². The van der Waals surface area contributed by atoms with Crippen molar-refractivity contribution in [2.24, 2.45) is 23.7 Å². The van der Waals surface area contributed by atoms with Crippen LogP contribution in [0.3, 0.4) is 0 Å². The summed E-state index contributed by atoms with van der Waals surface area (Å²) in [7, 11) is -2.12. The van der Waals surface area contributed by atoms with E-state index in [9.17, 15) is 13.2 Å². The zero-order valence-corrected chi connectivity index (χ0v) is 27.9. The molecular formula is C36H45ClN2O5S. The molecule has 0 aromatic heterocycles. The van der Waals surface area contributed by atoms with Crippen LogP contribution in [-0.4, -0.2) is 52.5 Å². The minimum atomic E-state index is -3.90. The van der Waals surface area contributed by atoms with Crippen LogP contribution in [0.1, 0.15) is 79.8 Å². The Labute approximate surface area is 272 Å². The van der Waals surface area contributed by atoms with E-state index in [2.05, 4.69) is 33.9 Å². The molecular weight excluding hydrogens is 608 g/mol. The third-order valence-electron chi connectivity index (χ3n) is 11.3. The van der Waals surface area contributed by atoms with Crippen molar-refractivity contribution in [3.05, 3.63) is 70.3 Å². The third-order valence-corrected chi connectivity index (χ3v) is 13.4. The number of hydrogen-bond donors (Lipinski definition) is 1. The Morgan fingerprint density at radius 2 is 1.98 bits per heavy atom.